The number of rotatable bonds is 6. The van der Waals surface area contributed by atoms with Gasteiger partial charge in [0.2, 0.25) is 5.78 Å². The van der Waals surface area contributed by atoms with Crippen molar-refractivity contribution in [1.82, 2.24) is 0 Å². The van der Waals surface area contributed by atoms with Crippen LogP contribution in [0.25, 0.3) is 0 Å². The summed E-state index contributed by atoms with van der Waals surface area (Å²) >= 11 is 0. The number of aliphatic carboxylic acids is 1. The number of carboxylic acids is 1. The quantitative estimate of drug-likeness (QED) is 0.514. The lowest BCUT2D eigenvalue weighted by atomic mass is 9.86. The van der Waals surface area contributed by atoms with Gasteiger partial charge in [-0.3, -0.25) is 9.59 Å². The zero-order chi connectivity index (χ0) is 11.4. The first-order valence-corrected chi connectivity index (χ1v) is 4.24. The molecule has 78 valence electrons. The average molecular weight is 198 g/mol. The molecule has 0 saturated heterocycles. The Kier molecular flexibility index (Phi) is 4.21. The second kappa shape index (κ2) is 4.69. The maximum Gasteiger partial charge on any atom is 0.372 e. The fraction of sp³-hybridized carbons (Fsp3) is 0.500. The summed E-state index contributed by atoms with van der Waals surface area (Å²) in [7, 11) is 0. The van der Waals surface area contributed by atoms with Crippen molar-refractivity contribution in [1.29, 1.82) is 0 Å². The highest BCUT2D eigenvalue weighted by Crippen LogP contribution is 2.20. The summed E-state index contributed by atoms with van der Waals surface area (Å²) in [6.07, 6.45) is 1.19. The molecular weight excluding hydrogens is 184 g/mol. The molecule has 0 spiro atoms. The standard InChI is InChI=1S/C10H14O4/c1-4-10(2,3)8(12)6-5-7(11)9(13)14/h4H,1,5-6H2,2-3H3,(H,13,14). The average Bonchev–Trinajstić information content (AvgIpc) is 2.13. The first-order valence-electron chi connectivity index (χ1n) is 4.24. The third-order valence-electron chi connectivity index (χ3n) is 2.05. The molecular formula is C10H14O4. The van der Waals surface area contributed by atoms with Crippen LogP contribution in [-0.2, 0) is 14.4 Å². The van der Waals surface area contributed by atoms with Crippen LogP contribution in [0.2, 0.25) is 0 Å². The van der Waals surface area contributed by atoms with E-state index in [1.165, 1.54) is 6.08 Å². The molecule has 0 heterocycles. The highest BCUT2D eigenvalue weighted by atomic mass is 16.4. The third kappa shape index (κ3) is 3.51. The Bertz CT molecular complexity index is 276. The SMILES string of the molecule is C=CC(C)(C)C(=O)CCC(=O)C(=O)O. The van der Waals surface area contributed by atoms with Crippen molar-refractivity contribution in [3.63, 3.8) is 0 Å². The van der Waals surface area contributed by atoms with Crippen molar-refractivity contribution in [2.24, 2.45) is 5.41 Å². The molecule has 0 amide bonds. The summed E-state index contributed by atoms with van der Waals surface area (Å²) in [5.74, 6) is -2.60. The fourth-order valence-corrected chi connectivity index (χ4v) is 0.770. The molecule has 0 aromatic heterocycles. The van der Waals surface area contributed by atoms with Crippen molar-refractivity contribution < 1.29 is 19.5 Å². The van der Waals surface area contributed by atoms with Gasteiger partial charge in [-0.15, -0.1) is 6.58 Å². The molecule has 0 fully saturated rings. The lowest BCUT2D eigenvalue weighted by Crippen LogP contribution is -2.23. The monoisotopic (exact) mass is 198 g/mol. The summed E-state index contributed by atoms with van der Waals surface area (Å²) in [5.41, 5.74) is -0.696. The van der Waals surface area contributed by atoms with E-state index >= 15 is 0 Å². The largest absolute Gasteiger partial charge is 0.476 e. The van der Waals surface area contributed by atoms with Gasteiger partial charge in [-0.05, 0) is 13.8 Å². The van der Waals surface area contributed by atoms with Crippen LogP contribution in [0.1, 0.15) is 26.7 Å². The summed E-state index contributed by atoms with van der Waals surface area (Å²) in [6, 6.07) is 0. The molecule has 0 unspecified atom stereocenters. The van der Waals surface area contributed by atoms with Gasteiger partial charge < -0.3 is 5.11 Å². The molecule has 0 aromatic carbocycles. The smallest absolute Gasteiger partial charge is 0.372 e. The van der Waals surface area contributed by atoms with E-state index in [-0.39, 0.29) is 18.6 Å². The Hall–Kier alpha value is -1.45. The highest BCUT2D eigenvalue weighted by molar-refractivity contribution is 6.32. The van der Waals surface area contributed by atoms with Crippen LogP contribution in [0, 0.1) is 5.41 Å². The Balaban J connectivity index is 4.17. The number of carboxylic acid groups (broad SMARTS) is 1. The van der Waals surface area contributed by atoms with Gasteiger partial charge in [0.15, 0.2) is 0 Å². The van der Waals surface area contributed by atoms with Crippen LogP contribution in [0.15, 0.2) is 12.7 Å². The predicted octanol–water partition coefficient (Wildman–Crippen LogP) is 1.20. The number of carbonyl (C=O) groups is 3. The molecule has 0 radical (unpaired) electrons. The van der Waals surface area contributed by atoms with Crippen molar-refractivity contribution in [3.05, 3.63) is 12.7 Å². The second-order valence-corrected chi connectivity index (χ2v) is 3.58. The summed E-state index contributed by atoms with van der Waals surface area (Å²) in [5, 5.41) is 8.27. The molecule has 0 aliphatic rings. The minimum Gasteiger partial charge on any atom is -0.476 e. The van der Waals surface area contributed by atoms with E-state index in [2.05, 4.69) is 6.58 Å². The number of allylic oxidation sites excluding steroid dienone is 1. The molecule has 0 aliphatic carbocycles. The van der Waals surface area contributed by atoms with Crippen LogP contribution in [0.3, 0.4) is 0 Å². The number of Topliss-reactive ketones (excluding diaryl/α,β-unsaturated/α-hetero) is 2. The first-order chi connectivity index (χ1) is 6.31. The minimum atomic E-state index is -1.49. The van der Waals surface area contributed by atoms with E-state index in [4.69, 9.17) is 5.11 Å². The molecule has 0 atom stereocenters. The predicted molar refractivity (Wildman–Crippen MR) is 50.9 cm³/mol. The maximum atomic E-state index is 11.4. The van der Waals surface area contributed by atoms with Crippen molar-refractivity contribution >= 4 is 17.5 Å². The van der Waals surface area contributed by atoms with Gasteiger partial charge in [-0.1, -0.05) is 6.08 Å². The number of hydrogen-bond donors (Lipinski definition) is 1. The number of carbonyl (C=O) groups excluding carboxylic acids is 2. The zero-order valence-corrected chi connectivity index (χ0v) is 8.37. The first kappa shape index (κ1) is 12.6. The lowest BCUT2D eigenvalue weighted by Gasteiger charge is -2.16. The van der Waals surface area contributed by atoms with Crippen LogP contribution in [-0.4, -0.2) is 22.6 Å². The summed E-state index contributed by atoms with van der Waals surface area (Å²) < 4.78 is 0. The van der Waals surface area contributed by atoms with Gasteiger partial charge in [0.25, 0.3) is 0 Å². The van der Waals surface area contributed by atoms with Gasteiger partial charge >= 0.3 is 5.97 Å². The van der Waals surface area contributed by atoms with Crippen LogP contribution < -0.4 is 0 Å². The van der Waals surface area contributed by atoms with Gasteiger partial charge in [0.1, 0.15) is 5.78 Å². The molecule has 4 nitrogen and oxygen atoms in total. The Morgan fingerprint density at radius 2 is 1.79 bits per heavy atom. The molecule has 0 bridgehead atoms. The van der Waals surface area contributed by atoms with E-state index in [0.29, 0.717) is 0 Å². The lowest BCUT2D eigenvalue weighted by molar-refractivity contribution is -0.149. The van der Waals surface area contributed by atoms with E-state index < -0.39 is 17.2 Å². The normalized spacial score (nSPS) is 10.7. The van der Waals surface area contributed by atoms with Crippen molar-refractivity contribution in [2.75, 3.05) is 0 Å². The van der Waals surface area contributed by atoms with Crippen LogP contribution in [0.4, 0.5) is 0 Å². The minimum absolute atomic E-state index is 0.0514. The molecule has 0 aromatic rings. The summed E-state index contributed by atoms with van der Waals surface area (Å²) in [4.78, 5) is 32.2. The fourth-order valence-electron chi connectivity index (χ4n) is 0.770. The Morgan fingerprint density at radius 3 is 2.14 bits per heavy atom. The highest BCUT2D eigenvalue weighted by Gasteiger charge is 2.24. The van der Waals surface area contributed by atoms with Gasteiger partial charge in [-0.2, -0.15) is 0 Å². The van der Waals surface area contributed by atoms with Gasteiger partial charge in [-0.25, -0.2) is 4.79 Å². The molecule has 0 rings (SSSR count). The Labute approximate surface area is 82.6 Å². The van der Waals surface area contributed by atoms with Gasteiger partial charge in [0, 0.05) is 18.3 Å². The Morgan fingerprint density at radius 1 is 1.29 bits per heavy atom. The van der Waals surface area contributed by atoms with E-state index in [9.17, 15) is 14.4 Å². The summed E-state index contributed by atoms with van der Waals surface area (Å²) in [6.45, 7) is 6.84. The number of ketones is 2. The zero-order valence-electron chi connectivity index (χ0n) is 8.37. The molecule has 14 heavy (non-hydrogen) atoms. The molecule has 0 aliphatic heterocycles. The maximum absolute atomic E-state index is 11.4. The van der Waals surface area contributed by atoms with E-state index in [0.717, 1.165) is 0 Å². The third-order valence-corrected chi connectivity index (χ3v) is 2.05. The topological polar surface area (TPSA) is 71.4 Å². The van der Waals surface area contributed by atoms with Crippen LogP contribution in [0.5, 0.6) is 0 Å². The molecule has 1 N–H and O–H groups in total. The molecule has 0 saturated carbocycles. The van der Waals surface area contributed by atoms with Crippen LogP contribution >= 0.6 is 0 Å². The second-order valence-electron chi connectivity index (χ2n) is 3.58. The van der Waals surface area contributed by atoms with Crippen molar-refractivity contribution in [2.45, 2.75) is 26.7 Å². The number of hydrogen-bond acceptors (Lipinski definition) is 3. The van der Waals surface area contributed by atoms with E-state index in [1.807, 2.05) is 0 Å². The molecule has 4 heteroatoms. The van der Waals surface area contributed by atoms with Crippen molar-refractivity contribution in [3.8, 4) is 0 Å². The van der Waals surface area contributed by atoms with Gasteiger partial charge in [0.05, 0.1) is 0 Å². The van der Waals surface area contributed by atoms with E-state index in [1.54, 1.807) is 13.8 Å².